The molecule has 112 valence electrons. The second-order valence-electron chi connectivity index (χ2n) is 5.00. The number of esters is 1. The summed E-state index contributed by atoms with van der Waals surface area (Å²) in [4.78, 5) is 12.2. The van der Waals surface area contributed by atoms with E-state index in [4.69, 9.17) is 9.47 Å². The molecule has 1 unspecified atom stereocenters. The van der Waals surface area contributed by atoms with Crippen LogP contribution in [0.3, 0.4) is 0 Å². The third-order valence-corrected chi connectivity index (χ3v) is 3.21. The van der Waals surface area contributed by atoms with Gasteiger partial charge < -0.3 is 14.8 Å². The van der Waals surface area contributed by atoms with Gasteiger partial charge in [0.25, 0.3) is 0 Å². The summed E-state index contributed by atoms with van der Waals surface area (Å²) in [5, 5.41) is 3.30. The molecule has 0 saturated carbocycles. The van der Waals surface area contributed by atoms with Gasteiger partial charge in [-0.3, -0.25) is 4.79 Å². The highest BCUT2D eigenvalue weighted by atomic mass is 16.5. The van der Waals surface area contributed by atoms with E-state index < -0.39 is 5.54 Å². The van der Waals surface area contributed by atoms with Crippen molar-refractivity contribution in [2.45, 2.75) is 39.2 Å². The Morgan fingerprint density at radius 2 is 1.90 bits per heavy atom. The van der Waals surface area contributed by atoms with Gasteiger partial charge in [0, 0.05) is 6.42 Å². The summed E-state index contributed by atoms with van der Waals surface area (Å²) in [6, 6.07) is 7.76. The van der Waals surface area contributed by atoms with Crippen LogP contribution >= 0.6 is 0 Å². The Labute approximate surface area is 121 Å². The fourth-order valence-electron chi connectivity index (χ4n) is 2.05. The zero-order valence-electron chi connectivity index (χ0n) is 12.9. The summed E-state index contributed by atoms with van der Waals surface area (Å²) in [7, 11) is 1.64. The third-order valence-electron chi connectivity index (χ3n) is 3.21. The molecule has 0 aliphatic carbocycles. The molecule has 0 bridgehead atoms. The van der Waals surface area contributed by atoms with Crippen molar-refractivity contribution >= 4 is 5.97 Å². The Bertz CT molecular complexity index is 416. The topological polar surface area (TPSA) is 47.6 Å². The number of rotatable bonds is 8. The van der Waals surface area contributed by atoms with Crippen LogP contribution < -0.4 is 10.1 Å². The monoisotopic (exact) mass is 279 g/mol. The molecular weight excluding hydrogens is 254 g/mol. The molecule has 0 heterocycles. The molecule has 0 spiro atoms. The third kappa shape index (κ3) is 4.53. The number of methoxy groups -OCH3 is 1. The minimum Gasteiger partial charge on any atom is -0.497 e. The Balaban J connectivity index is 2.84. The van der Waals surface area contributed by atoms with E-state index in [2.05, 4.69) is 12.2 Å². The van der Waals surface area contributed by atoms with E-state index in [9.17, 15) is 4.79 Å². The average molecular weight is 279 g/mol. The van der Waals surface area contributed by atoms with Crippen LogP contribution in [-0.2, 0) is 16.0 Å². The summed E-state index contributed by atoms with van der Waals surface area (Å²) in [6.45, 7) is 6.97. The van der Waals surface area contributed by atoms with E-state index >= 15 is 0 Å². The maximum Gasteiger partial charge on any atom is 0.326 e. The molecule has 1 aromatic carbocycles. The van der Waals surface area contributed by atoms with Crippen LogP contribution in [0.15, 0.2) is 24.3 Å². The number of ether oxygens (including phenoxy) is 2. The van der Waals surface area contributed by atoms with E-state index in [1.165, 1.54) is 0 Å². The van der Waals surface area contributed by atoms with Crippen molar-refractivity contribution in [3.05, 3.63) is 29.8 Å². The molecular formula is C16H25NO3. The summed E-state index contributed by atoms with van der Waals surface area (Å²) in [6.07, 6.45) is 1.56. The number of nitrogens with one attached hydrogen (secondary N) is 1. The molecule has 0 saturated heterocycles. The first kappa shape index (κ1) is 16.5. The van der Waals surface area contributed by atoms with E-state index in [1.807, 2.05) is 38.1 Å². The summed E-state index contributed by atoms with van der Waals surface area (Å²) < 4.78 is 10.3. The number of hydrogen-bond acceptors (Lipinski definition) is 4. The summed E-state index contributed by atoms with van der Waals surface area (Å²) in [5.41, 5.74) is 0.380. The number of carbonyl (C=O) groups is 1. The van der Waals surface area contributed by atoms with Gasteiger partial charge in [-0.15, -0.1) is 0 Å². The maximum atomic E-state index is 12.2. The predicted octanol–water partition coefficient (Wildman–Crippen LogP) is 2.56. The molecule has 0 aliphatic heterocycles. The molecule has 1 rings (SSSR count). The van der Waals surface area contributed by atoms with Gasteiger partial charge in [0.05, 0.1) is 13.7 Å². The van der Waals surface area contributed by atoms with Gasteiger partial charge in [0.1, 0.15) is 11.3 Å². The first-order valence-corrected chi connectivity index (χ1v) is 7.11. The van der Waals surface area contributed by atoms with Gasteiger partial charge in [0.15, 0.2) is 0 Å². The van der Waals surface area contributed by atoms with Gasteiger partial charge in [-0.25, -0.2) is 0 Å². The van der Waals surface area contributed by atoms with Crippen molar-refractivity contribution in [2.75, 3.05) is 20.3 Å². The van der Waals surface area contributed by atoms with Crippen LogP contribution in [0.2, 0.25) is 0 Å². The lowest BCUT2D eigenvalue weighted by Crippen LogP contribution is -2.52. The standard InChI is InChI=1S/C16H25NO3/c1-5-11-17-16(3,15(18)20-6-2)12-13-7-9-14(19-4)10-8-13/h7-10,17H,5-6,11-12H2,1-4H3. The molecule has 0 aliphatic rings. The minimum absolute atomic E-state index is 0.204. The molecule has 1 aromatic rings. The van der Waals surface area contributed by atoms with Crippen LogP contribution in [0.25, 0.3) is 0 Å². The van der Waals surface area contributed by atoms with Gasteiger partial charge in [-0.2, -0.15) is 0 Å². The Morgan fingerprint density at radius 1 is 1.25 bits per heavy atom. The average Bonchev–Trinajstić information content (AvgIpc) is 2.46. The quantitative estimate of drug-likeness (QED) is 0.743. The number of carbonyl (C=O) groups excluding carboxylic acids is 1. The Kier molecular flexibility index (Phi) is 6.52. The van der Waals surface area contributed by atoms with Crippen molar-refractivity contribution in [1.82, 2.24) is 5.32 Å². The van der Waals surface area contributed by atoms with Crippen LogP contribution in [0.4, 0.5) is 0 Å². The molecule has 0 amide bonds. The number of benzene rings is 1. The van der Waals surface area contributed by atoms with Crippen molar-refractivity contribution < 1.29 is 14.3 Å². The molecule has 0 aromatic heterocycles. The van der Waals surface area contributed by atoms with E-state index in [0.717, 1.165) is 24.3 Å². The minimum atomic E-state index is -0.694. The molecule has 20 heavy (non-hydrogen) atoms. The zero-order chi connectivity index (χ0) is 15.0. The Hall–Kier alpha value is -1.55. The zero-order valence-corrected chi connectivity index (χ0v) is 12.9. The van der Waals surface area contributed by atoms with Crippen LogP contribution in [0.1, 0.15) is 32.8 Å². The highest BCUT2D eigenvalue weighted by Gasteiger charge is 2.34. The van der Waals surface area contributed by atoms with E-state index in [-0.39, 0.29) is 5.97 Å². The van der Waals surface area contributed by atoms with Crippen molar-refractivity contribution in [3.8, 4) is 5.75 Å². The summed E-state index contributed by atoms with van der Waals surface area (Å²) >= 11 is 0. The molecule has 1 N–H and O–H groups in total. The largest absolute Gasteiger partial charge is 0.497 e. The van der Waals surface area contributed by atoms with Crippen molar-refractivity contribution in [3.63, 3.8) is 0 Å². The first-order chi connectivity index (χ1) is 9.55. The number of hydrogen-bond donors (Lipinski definition) is 1. The second kappa shape index (κ2) is 7.90. The van der Waals surface area contributed by atoms with E-state index in [1.54, 1.807) is 7.11 Å². The molecule has 0 radical (unpaired) electrons. The molecule has 4 nitrogen and oxygen atoms in total. The Morgan fingerprint density at radius 3 is 2.40 bits per heavy atom. The normalized spacial score (nSPS) is 13.6. The van der Waals surface area contributed by atoms with Gasteiger partial charge in [-0.05, 0) is 44.5 Å². The van der Waals surface area contributed by atoms with Crippen LogP contribution in [-0.4, -0.2) is 31.8 Å². The fraction of sp³-hybridized carbons (Fsp3) is 0.562. The predicted molar refractivity (Wildman–Crippen MR) is 80.0 cm³/mol. The lowest BCUT2D eigenvalue weighted by Gasteiger charge is -2.28. The van der Waals surface area contributed by atoms with Crippen molar-refractivity contribution in [2.24, 2.45) is 0 Å². The second-order valence-corrected chi connectivity index (χ2v) is 5.00. The maximum absolute atomic E-state index is 12.2. The van der Waals surface area contributed by atoms with Crippen molar-refractivity contribution in [1.29, 1.82) is 0 Å². The van der Waals surface area contributed by atoms with E-state index in [0.29, 0.717) is 13.0 Å². The van der Waals surface area contributed by atoms with Gasteiger partial charge in [-0.1, -0.05) is 19.1 Å². The summed E-state index contributed by atoms with van der Waals surface area (Å²) in [5.74, 6) is 0.609. The molecule has 1 atom stereocenters. The fourth-order valence-corrected chi connectivity index (χ4v) is 2.05. The lowest BCUT2D eigenvalue weighted by atomic mass is 9.92. The highest BCUT2D eigenvalue weighted by molar-refractivity contribution is 5.80. The first-order valence-electron chi connectivity index (χ1n) is 7.11. The lowest BCUT2D eigenvalue weighted by molar-refractivity contribution is -0.150. The van der Waals surface area contributed by atoms with Crippen LogP contribution in [0, 0.1) is 0 Å². The van der Waals surface area contributed by atoms with Gasteiger partial charge >= 0.3 is 5.97 Å². The van der Waals surface area contributed by atoms with Gasteiger partial charge in [0.2, 0.25) is 0 Å². The SMILES string of the molecule is CCCNC(C)(Cc1ccc(OC)cc1)C(=O)OCC. The highest BCUT2D eigenvalue weighted by Crippen LogP contribution is 2.18. The molecule has 0 fully saturated rings. The smallest absolute Gasteiger partial charge is 0.326 e. The molecule has 4 heteroatoms. The van der Waals surface area contributed by atoms with Crippen LogP contribution in [0.5, 0.6) is 5.75 Å².